The summed E-state index contributed by atoms with van der Waals surface area (Å²) in [4.78, 5) is 3.71. The van der Waals surface area contributed by atoms with Crippen LogP contribution in [0.1, 0.15) is 0 Å². The summed E-state index contributed by atoms with van der Waals surface area (Å²) >= 11 is 0. The van der Waals surface area contributed by atoms with Crippen LogP contribution in [0.5, 0.6) is 0 Å². The highest BCUT2D eigenvalue weighted by Gasteiger charge is 2.23. The summed E-state index contributed by atoms with van der Waals surface area (Å²) < 4.78 is 48.4. The molecular formula is C9H13F2N3O2S. The average molecular weight is 265 g/mol. The molecule has 1 heterocycles. The Balaban J connectivity index is 2.96. The van der Waals surface area contributed by atoms with Gasteiger partial charge in [-0.2, -0.15) is 4.31 Å². The third-order valence-electron chi connectivity index (χ3n) is 2.10. The van der Waals surface area contributed by atoms with Gasteiger partial charge in [0.25, 0.3) is 6.43 Å². The van der Waals surface area contributed by atoms with Crippen molar-refractivity contribution in [2.75, 3.05) is 26.0 Å². The molecule has 0 atom stereocenters. The molecule has 0 aliphatic carbocycles. The zero-order valence-electron chi connectivity index (χ0n) is 9.39. The van der Waals surface area contributed by atoms with Gasteiger partial charge in [0.15, 0.2) is 0 Å². The minimum atomic E-state index is -3.90. The van der Waals surface area contributed by atoms with Crippen molar-refractivity contribution in [3.63, 3.8) is 0 Å². The molecule has 0 amide bonds. The second-order valence-corrected chi connectivity index (χ2v) is 5.35. The predicted molar refractivity (Wildman–Crippen MR) is 59.6 cm³/mol. The summed E-state index contributed by atoms with van der Waals surface area (Å²) in [5, 5.41) is 2.73. The van der Waals surface area contributed by atoms with Crippen LogP contribution >= 0.6 is 0 Å². The average Bonchev–Trinajstić information content (AvgIpc) is 2.28. The second-order valence-electron chi connectivity index (χ2n) is 3.31. The molecule has 96 valence electrons. The van der Waals surface area contributed by atoms with Crippen molar-refractivity contribution in [3.05, 3.63) is 18.3 Å². The summed E-state index contributed by atoms with van der Waals surface area (Å²) in [5.74, 6) is 0.500. The van der Waals surface area contributed by atoms with Gasteiger partial charge in [-0.3, -0.25) is 0 Å². The minimum Gasteiger partial charge on any atom is -0.373 e. The maximum atomic E-state index is 12.1. The normalized spacial score (nSPS) is 12.1. The van der Waals surface area contributed by atoms with E-state index in [1.807, 2.05) is 0 Å². The molecule has 0 radical (unpaired) electrons. The standard InChI is InChI=1S/C9H13F2N3O2S/c1-12-9-4-3-7(5-13-9)17(15,16)14(2)6-8(10)11/h3-5,8H,6H2,1-2H3,(H,12,13). The van der Waals surface area contributed by atoms with Crippen LogP contribution < -0.4 is 5.32 Å². The van der Waals surface area contributed by atoms with Gasteiger partial charge in [-0.05, 0) is 12.1 Å². The number of pyridine rings is 1. The number of aromatic nitrogens is 1. The first kappa shape index (κ1) is 13.8. The lowest BCUT2D eigenvalue weighted by molar-refractivity contribution is 0.126. The topological polar surface area (TPSA) is 62.3 Å². The number of halogens is 2. The number of hydrogen-bond acceptors (Lipinski definition) is 4. The van der Waals surface area contributed by atoms with E-state index in [1.165, 1.54) is 12.1 Å². The maximum Gasteiger partial charge on any atom is 0.252 e. The molecule has 1 N–H and O–H groups in total. The van der Waals surface area contributed by atoms with Crippen molar-refractivity contribution in [1.82, 2.24) is 9.29 Å². The molecule has 0 aromatic carbocycles. The van der Waals surface area contributed by atoms with Gasteiger partial charge in [-0.15, -0.1) is 0 Å². The Morgan fingerprint density at radius 3 is 2.53 bits per heavy atom. The van der Waals surface area contributed by atoms with Crippen molar-refractivity contribution in [2.45, 2.75) is 11.3 Å². The second kappa shape index (κ2) is 5.37. The van der Waals surface area contributed by atoms with Crippen LogP contribution in [0.2, 0.25) is 0 Å². The third-order valence-corrected chi connectivity index (χ3v) is 3.90. The highest BCUT2D eigenvalue weighted by Crippen LogP contribution is 2.15. The summed E-state index contributed by atoms with van der Waals surface area (Å²) in [6.45, 7) is -0.837. The molecule has 1 aromatic heterocycles. The van der Waals surface area contributed by atoms with Gasteiger partial charge in [-0.25, -0.2) is 22.2 Å². The number of nitrogens with one attached hydrogen (secondary N) is 1. The van der Waals surface area contributed by atoms with E-state index >= 15 is 0 Å². The van der Waals surface area contributed by atoms with E-state index in [-0.39, 0.29) is 4.90 Å². The number of alkyl halides is 2. The van der Waals surface area contributed by atoms with Crippen molar-refractivity contribution in [1.29, 1.82) is 0 Å². The van der Waals surface area contributed by atoms with E-state index < -0.39 is 23.0 Å². The van der Waals surface area contributed by atoms with Crippen molar-refractivity contribution < 1.29 is 17.2 Å². The highest BCUT2D eigenvalue weighted by molar-refractivity contribution is 7.89. The smallest absolute Gasteiger partial charge is 0.252 e. The lowest BCUT2D eigenvalue weighted by atomic mass is 10.5. The Bertz CT molecular complexity index is 462. The Hall–Kier alpha value is -1.28. The van der Waals surface area contributed by atoms with E-state index in [1.54, 1.807) is 7.05 Å². The van der Waals surface area contributed by atoms with Crippen LogP contribution in [0.15, 0.2) is 23.2 Å². The first-order valence-electron chi connectivity index (χ1n) is 4.76. The van der Waals surface area contributed by atoms with Gasteiger partial charge >= 0.3 is 0 Å². The molecule has 0 saturated carbocycles. The molecule has 17 heavy (non-hydrogen) atoms. The van der Waals surface area contributed by atoms with Gasteiger partial charge in [-0.1, -0.05) is 0 Å². The molecule has 5 nitrogen and oxygen atoms in total. The number of rotatable bonds is 5. The van der Waals surface area contributed by atoms with Crippen LogP contribution in [0.3, 0.4) is 0 Å². The fraction of sp³-hybridized carbons (Fsp3) is 0.444. The Morgan fingerprint density at radius 2 is 2.12 bits per heavy atom. The molecule has 0 unspecified atom stereocenters. The zero-order chi connectivity index (χ0) is 13.1. The van der Waals surface area contributed by atoms with Crippen LogP contribution in [-0.2, 0) is 10.0 Å². The van der Waals surface area contributed by atoms with Gasteiger partial charge in [0.1, 0.15) is 10.7 Å². The van der Waals surface area contributed by atoms with E-state index in [2.05, 4.69) is 10.3 Å². The molecule has 8 heteroatoms. The van der Waals surface area contributed by atoms with E-state index in [0.717, 1.165) is 13.2 Å². The maximum absolute atomic E-state index is 12.1. The molecule has 0 fully saturated rings. The molecular weight excluding hydrogens is 252 g/mol. The molecule has 0 spiro atoms. The van der Waals surface area contributed by atoms with Gasteiger partial charge in [0.05, 0.1) is 6.54 Å². The summed E-state index contributed by atoms with van der Waals surface area (Å²) in [6.07, 6.45) is -1.58. The largest absolute Gasteiger partial charge is 0.373 e. The van der Waals surface area contributed by atoms with E-state index in [9.17, 15) is 17.2 Å². The molecule has 0 aliphatic heterocycles. The quantitative estimate of drug-likeness (QED) is 0.863. The van der Waals surface area contributed by atoms with Crippen molar-refractivity contribution in [3.8, 4) is 0 Å². The predicted octanol–water partition coefficient (Wildman–Crippen LogP) is 1.01. The number of sulfonamides is 1. The number of anilines is 1. The number of nitrogens with zero attached hydrogens (tertiary/aromatic N) is 2. The molecule has 0 saturated heterocycles. The number of hydrogen-bond donors (Lipinski definition) is 1. The molecule has 0 aliphatic rings. The first-order valence-corrected chi connectivity index (χ1v) is 6.20. The van der Waals surface area contributed by atoms with Crippen LogP contribution in [-0.4, -0.2) is 44.8 Å². The Morgan fingerprint density at radius 1 is 1.47 bits per heavy atom. The molecule has 1 rings (SSSR count). The van der Waals surface area contributed by atoms with Gasteiger partial charge in [0.2, 0.25) is 10.0 Å². The fourth-order valence-electron chi connectivity index (χ4n) is 1.15. The summed E-state index contributed by atoms with van der Waals surface area (Å²) in [5.41, 5.74) is 0. The molecule has 0 bridgehead atoms. The van der Waals surface area contributed by atoms with E-state index in [4.69, 9.17) is 0 Å². The monoisotopic (exact) mass is 265 g/mol. The van der Waals surface area contributed by atoms with Crippen molar-refractivity contribution >= 4 is 15.8 Å². The van der Waals surface area contributed by atoms with Gasteiger partial charge in [0, 0.05) is 20.3 Å². The summed E-state index contributed by atoms with van der Waals surface area (Å²) in [7, 11) is -1.15. The van der Waals surface area contributed by atoms with Gasteiger partial charge < -0.3 is 5.32 Å². The SMILES string of the molecule is CNc1ccc(S(=O)(=O)N(C)CC(F)F)cn1. The Labute approximate surface area is 98.5 Å². The van der Waals surface area contributed by atoms with Crippen LogP contribution in [0, 0.1) is 0 Å². The lowest BCUT2D eigenvalue weighted by Crippen LogP contribution is -2.31. The first-order chi connectivity index (χ1) is 7.87. The van der Waals surface area contributed by atoms with Crippen LogP contribution in [0.4, 0.5) is 14.6 Å². The zero-order valence-corrected chi connectivity index (χ0v) is 10.2. The minimum absolute atomic E-state index is 0.111. The lowest BCUT2D eigenvalue weighted by Gasteiger charge is -2.16. The Kier molecular flexibility index (Phi) is 4.35. The summed E-state index contributed by atoms with van der Waals surface area (Å²) in [6, 6.07) is 2.78. The van der Waals surface area contributed by atoms with Crippen molar-refractivity contribution in [2.24, 2.45) is 0 Å². The van der Waals surface area contributed by atoms with E-state index in [0.29, 0.717) is 10.1 Å². The fourth-order valence-corrected chi connectivity index (χ4v) is 2.25. The third kappa shape index (κ3) is 3.34. The molecule has 1 aromatic rings. The highest BCUT2D eigenvalue weighted by atomic mass is 32.2. The van der Waals surface area contributed by atoms with Crippen LogP contribution in [0.25, 0.3) is 0 Å².